The number of rotatable bonds is 5. The van der Waals surface area contributed by atoms with E-state index in [1.807, 2.05) is 13.8 Å². The molecule has 1 fully saturated rings. The second kappa shape index (κ2) is 4.60. The molecule has 14 heavy (non-hydrogen) atoms. The van der Waals surface area contributed by atoms with Gasteiger partial charge >= 0.3 is 0 Å². The molecule has 0 heterocycles. The molecule has 1 aliphatic rings. The van der Waals surface area contributed by atoms with Gasteiger partial charge < -0.3 is 9.64 Å². The number of likely N-dealkylation sites (N-methyl/N-ethyl adjacent to an activating group) is 1. The quantitative estimate of drug-likeness (QED) is 0.497. The highest BCUT2D eigenvalue weighted by Crippen LogP contribution is 2.36. The zero-order chi connectivity index (χ0) is 10.7. The smallest absolute Gasteiger partial charge is 0.251 e. The average molecular weight is 197 g/mol. The van der Waals surface area contributed by atoms with Crippen LogP contribution in [0.1, 0.15) is 26.7 Å². The van der Waals surface area contributed by atoms with Crippen molar-refractivity contribution in [2.24, 2.45) is 5.92 Å². The van der Waals surface area contributed by atoms with E-state index in [-0.39, 0.29) is 12.0 Å². The highest BCUT2D eigenvalue weighted by Gasteiger charge is 2.30. The fraction of sp³-hybridized carbons (Fsp3) is 0.727. The largest absolute Gasteiger partial charge is 0.358 e. The van der Waals surface area contributed by atoms with E-state index in [4.69, 9.17) is 4.74 Å². The third-order valence-electron chi connectivity index (χ3n) is 2.29. The van der Waals surface area contributed by atoms with Crippen molar-refractivity contribution in [1.29, 1.82) is 0 Å². The van der Waals surface area contributed by atoms with Crippen LogP contribution in [0.5, 0.6) is 0 Å². The molecule has 0 N–H and O–H groups in total. The van der Waals surface area contributed by atoms with E-state index < -0.39 is 0 Å². The number of carbonyl (C=O) groups excluding carboxylic acids is 1. The monoisotopic (exact) mass is 197 g/mol. The minimum absolute atomic E-state index is 0.0214. The van der Waals surface area contributed by atoms with Gasteiger partial charge in [-0.3, -0.25) is 4.79 Å². The van der Waals surface area contributed by atoms with Crippen LogP contribution in [0, 0.1) is 5.92 Å². The van der Waals surface area contributed by atoms with E-state index in [1.165, 1.54) is 0 Å². The highest BCUT2D eigenvalue weighted by molar-refractivity contribution is 5.93. The Kier molecular flexibility index (Phi) is 3.69. The molecule has 80 valence electrons. The van der Waals surface area contributed by atoms with Gasteiger partial charge in [-0.1, -0.05) is 6.58 Å². The number of hydrogen-bond acceptors (Lipinski definition) is 2. The van der Waals surface area contributed by atoms with Crippen molar-refractivity contribution < 1.29 is 9.53 Å². The first-order valence-electron chi connectivity index (χ1n) is 5.08. The van der Waals surface area contributed by atoms with Gasteiger partial charge in [0.05, 0.1) is 6.10 Å². The van der Waals surface area contributed by atoms with E-state index >= 15 is 0 Å². The Morgan fingerprint density at radius 2 is 2.14 bits per heavy atom. The van der Waals surface area contributed by atoms with Crippen molar-refractivity contribution in [2.45, 2.75) is 32.8 Å². The first-order chi connectivity index (χ1) is 6.52. The fourth-order valence-corrected chi connectivity index (χ4v) is 1.17. The number of nitrogens with zero attached hydrogens (tertiary/aromatic N) is 1. The van der Waals surface area contributed by atoms with Crippen molar-refractivity contribution in [3.8, 4) is 0 Å². The molecule has 0 unspecified atom stereocenters. The zero-order valence-electron chi connectivity index (χ0n) is 9.25. The van der Waals surface area contributed by atoms with Gasteiger partial charge in [0.2, 0.25) is 0 Å². The second-order valence-corrected chi connectivity index (χ2v) is 4.15. The van der Waals surface area contributed by atoms with Gasteiger partial charge in [-0.15, -0.1) is 0 Å². The van der Waals surface area contributed by atoms with Crippen molar-refractivity contribution in [3.63, 3.8) is 0 Å². The van der Waals surface area contributed by atoms with Gasteiger partial charge in [0.25, 0.3) is 5.91 Å². The Balaban J connectivity index is 2.31. The van der Waals surface area contributed by atoms with Gasteiger partial charge in [-0.2, -0.15) is 0 Å². The van der Waals surface area contributed by atoms with Crippen molar-refractivity contribution >= 4 is 5.91 Å². The summed E-state index contributed by atoms with van der Waals surface area (Å²) in [4.78, 5) is 13.3. The molecule has 0 bridgehead atoms. The lowest BCUT2D eigenvalue weighted by atomic mass is 10.2. The molecule has 0 aromatic carbocycles. The number of hydrogen-bond donors (Lipinski definition) is 0. The molecule has 0 atom stereocenters. The number of ether oxygens (including phenoxy) is 1. The van der Waals surface area contributed by atoms with Crippen molar-refractivity contribution in [1.82, 2.24) is 4.90 Å². The van der Waals surface area contributed by atoms with Crippen LogP contribution in [0.2, 0.25) is 0 Å². The van der Waals surface area contributed by atoms with E-state index in [0.29, 0.717) is 12.6 Å². The maximum atomic E-state index is 11.7. The summed E-state index contributed by atoms with van der Waals surface area (Å²) in [5.41, 5.74) is 0.736. The minimum Gasteiger partial charge on any atom is -0.358 e. The second-order valence-electron chi connectivity index (χ2n) is 4.15. The molecule has 0 saturated heterocycles. The van der Waals surface area contributed by atoms with Crippen LogP contribution in [0.3, 0.4) is 0 Å². The molecule has 0 radical (unpaired) electrons. The summed E-state index contributed by atoms with van der Waals surface area (Å²) in [5, 5.41) is 0. The van der Waals surface area contributed by atoms with Gasteiger partial charge in [-0.05, 0) is 32.6 Å². The first-order valence-corrected chi connectivity index (χ1v) is 5.08. The molecule has 0 aromatic heterocycles. The maximum absolute atomic E-state index is 11.7. The summed E-state index contributed by atoms with van der Waals surface area (Å²) in [6.45, 7) is 8.07. The Morgan fingerprint density at radius 1 is 1.57 bits per heavy atom. The van der Waals surface area contributed by atoms with Crippen molar-refractivity contribution in [3.05, 3.63) is 12.2 Å². The Labute approximate surface area is 85.7 Å². The summed E-state index contributed by atoms with van der Waals surface area (Å²) in [6, 6.07) is 0. The molecule has 1 amide bonds. The van der Waals surface area contributed by atoms with Crippen LogP contribution < -0.4 is 0 Å². The Morgan fingerprint density at radius 3 is 2.57 bits per heavy atom. The van der Waals surface area contributed by atoms with E-state index in [0.717, 1.165) is 18.4 Å². The zero-order valence-corrected chi connectivity index (χ0v) is 9.25. The molecule has 0 spiro atoms. The third kappa shape index (κ3) is 3.14. The Bertz CT molecular complexity index is 231. The van der Waals surface area contributed by atoms with Crippen LogP contribution in [0.4, 0.5) is 0 Å². The van der Waals surface area contributed by atoms with Gasteiger partial charge in [-0.25, -0.2) is 0 Å². The van der Waals surface area contributed by atoms with Crippen LogP contribution in [-0.2, 0) is 9.53 Å². The standard InChI is InChI=1S/C11H19NO2/c1-8(2)14-7-12(4)11(13)9(3)10-5-6-10/h8,10H,3,5-7H2,1-2,4H3. The summed E-state index contributed by atoms with van der Waals surface area (Å²) < 4.78 is 5.34. The summed E-state index contributed by atoms with van der Waals surface area (Å²) >= 11 is 0. The Hall–Kier alpha value is -0.830. The maximum Gasteiger partial charge on any atom is 0.251 e. The number of amides is 1. The molecular formula is C11H19NO2. The SMILES string of the molecule is C=C(C(=O)N(C)COC(C)C)C1CC1. The predicted octanol–water partition coefficient (Wildman–Crippen LogP) is 1.79. The molecule has 0 aliphatic heterocycles. The lowest BCUT2D eigenvalue weighted by molar-refractivity contribution is -0.132. The summed E-state index contributed by atoms with van der Waals surface area (Å²) in [7, 11) is 1.75. The average Bonchev–Trinajstić information content (AvgIpc) is 2.94. The lowest BCUT2D eigenvalue weighted by Gasteiger charge is -2.19. The summed E-state index contributed by atoms with van der Waals surface area (Å²) in [6.07, 6.45) is 2.38. The van der Waals surface area contributed by atoms with E-state index in [9.17, 15) is 4.79 Å². The normalized spacial score (nSPS) is 15.7. The van der Waals surface area contributed by atoms with Crippen LogP contribution >= 0.6 is 0 Å². The predicted molar refractivity (Wildman–Crippen MR) is 55.7 cm³/mol. The van der Waals surface area contributed by atoms with Crippen LogP contribution in [-0.4, -0.2) is 30.7 Å². The number of carbonyl (C=O) groups is 1. The minimum atomic E-state index is 0.0214. The molecule has 1 rings (SSSR count). The topological polar surface area (TPSA) is 29.5 Å². The van der Waals surface area contributed by atoms with Crippen LogP contribution in [0.15, 0.2) is 12.2 Å². The third-order valence-corrected chi connectivity index (χ3v) is 2.29. The van der Waals surface area contributed by atoms with E-state index in [1.54, 1.807) is 11.9 Å². The molecular weight excluding hydrogens is 178 g/mol. The summed E-state index contributed by atoms with van der Waals surface area (Å²) in [5.74, 6) is 0.456. The molecule has 3 nitrogen and oxygen atoms in total. The molecule has 0 aromatic rings. The highest BCUT2D eigenvalue weighted by atomic mass is 16.5. The van der Waals surface area contributed by atoms with Gasteiger partial charge in [0, 0.05) is 12.6 Å². The van der Waals surface area contributed by atoms with Crippen LogP contribution in [0.25, 0.3) is 0 Å². The molecule has 3 heteroatoms. The lowest BCUT2D eigenvalue weighted by Crippen LogP contribution is -2.31. The fourth-order valence-electron chi connectivity index (χ4n) is 1.17. The first kappa shape index (κ1) is 11.2. The van der Waals surface area contributed by atoms with Crippen molar-refractivity contribution in [2.75, 3.05) is 13.8 Å². The van der Waals surface area contributed by atoms with E-state index in [2.05, 4.69) is 6.58 Å². The molecule has 1 saturated carbocycles. The van der Waals surface area contributed by atoms with Gasteiger partial charge in [0.15, 0.2) is 0 Å². The molecule has 1 aliphatic carbocycles. The van der Waals surface area contributed by atoms with Gasteiger partial charge in [0.1, 0.15) is 6.73 Å².